The number of nitrogens with zero attached hydrogens (tertiary/aromatic N) is 1. The highest BCUT2D eigenvalue weighted by molar-refractivity contribution is 7.89. The zero-order chi connectivity index (χ0) is 13.9. The number of carbonyl (C=O) groups excluding carboxylic acids is 1. The van der Waals surface area contributed by atoms with Gasteiger partial charge in [0.05, 0.1) is 12.0 Å². The molecule has 18 heavy (non-hydrogen) atoms. The first kappa shape index (κ1) is 14.6. The number of hydroxylamine groups is 2. The summed E-state index contributed by atoms with van der Waals surface area (Å²) in [5, 5.41) is 1.04. The molecule has 1 rings (SSSR count). The van der Waals surface area contributed by atoms with Crippen LogP contribution in [0.25, 0.3) is 0 Å². The summed E-state index contributed by atoms with van der Waals surface area (Å²) in [5.41, 5.74) is 0.967. The number of nitrogens with one attached hydrogen (secondary N) is 1. The number of amides is 1. The molecular weight excluding hydrogens is 256 g/mol. The summed E-state index contributed by atoms with van der Waals surface area (Å²) in [7, 11) is 0.574. The van der Waals surface area contributed by atoms with Gasteiger partial charge in [0.1, 0.15) is 0 Å². The Hall–Kier alpha value is -1.44. The largest absolute Gasteiger partial charge is 0.277 e. The maximum absolute atomic E-state index is 11.9. The number of hydrogen-bond donors (Lipinski definition) is 1. The monoisotopic (exact) mass is 272 g/mol. The van der Waals surface area contributed by atoms with Crippen LogP contribution in [0.15, 0.2) is 23.1 Å². The number of sulfonamides is 1. The van der Waals surface area contributed by atoms with E-state index in [-0.39, 0.29) is 10.5 Å². The van der Waals surface area contributed by atoms with Crippen LogP contribution in [0.5, 0.6) is 0 Å². The molecule has 1 amide bonds. The predicted octanol–water partition coefficient (Wildman–Crippen LogP) is 0.537. The summed E-state index contributed by atoms with van der Waals surface area (Å²) in [6, 6.07) is 4.37. The lowest BCUT2D eigenvalue weighted by Gasteiger charge is -2.15. The lowest BCUT2D eigenvalue weighted by molar-refractivity contribution is -0.0757. The normalized spacial score (nSPS) is 11.3. The van der Waals surface area contributed by atoms with Crippen molar-refractivity contribution in [3.05, 3.63) is 29.3 Å². The average molecular weight is 272 g/mol. The summed E-state index contributed by atoms with van der Waals surface area (Å²) in [6.45, 7) is 1.73. The van der Waals surface area contributed by atoms with E-state index in [2.05, 4.69) is 4.72 Å². The molecule has 7 heteroatoms. The van der Waals surface area contributed by atoms with Gasteiger partial charge in [-0.05, 0) is 31.7 Å². The molecule has 0 unspecified atom stereocenters. The van der Waals surface area contributed by atoms with Crippen molar-refractivity contribution in [2.24, 2.45) is 0 Å². The standard InChI is InChI=1S/C11H16N2O4S/c1-8-5-6-9(18(15,16)12-2)7-10(8)11(14)13(3)17-4/h5-7,12H,1-4H3. The van der Waals surface area contributed by atoms with E-state index >= 15 is 0 Å². The molecule has 0 aliphatic carbocycles. The highest BCUT2D eigenvalue weighted by Crippen LogP contribution is 2.16. The van der Waals surface area contributed by atoms with Gasteiger partial charge in [-0.3, -0.25) is 9.63 Å². The fraction of sp³-hybridized carbons (Fsp3) is 0.364. The molecule has 0 aliphatic heterocycles. The Bertz CT molecular complexity index is 554. The van der Waals surface area contributed by atoms with Gasteiger partial charge < -0.3 is 0 Å². The second kappa shape index (κ2) is 5.47. The molecular formula is C11H16N2O4S. The van der Waals surface area contributed by atoms with Crippen LogP contribution < -0.4 is 4.72 Å². The Labute approximate surface area is 107 Å². The van der Waals surface area contributed by atoms with Gasteiger partial charge in [0, 0.05) is 12.6 Å². The molecule has 0 spiro atoms. The zero-order valence-corrected chi connectivity index (χ0v) is 11.5. The first-order valence-electron chi connectivity index (χ1n) is 5.20. The molecule has 0 saturated heterocycles. The smallest absolute Gasteiger partial charge is 0.274 e. The fourth-order valence-corrected chi connectivity index (χ4v) is 2.12. The van der Waals surface area contributed by atoms with Gasteiger partial charge in [0.25, 0.3) is 5.91 Å². The topological polar surface area (TPSA) is 75.7 Å². The molecule has 6 nitrogen and oxygen atoms in total. The minimum atomic E-state index is -3.56. The number of aryl methyl sites for hydroxylation is 1. The second-order valence-electron chi connectivity index (χ2n) is 3.67. The predicted molar refractivity (Wildman–Crippen MR) is 66.5 cm³/mol. The van der Waals surface area contributed by atoms with Crippen molar-refractivity contribution in [2.45, 2.75) is 11.8 Å². The maximum atomic E-state index is 11.9. The van der Waals surface area contributed by atoms with Crippen LogP contribution in [0, 0.1) is 6.92 Å². The van der Waals surface area contributed by atoms with Crippen molar-refractivity contribution in [2.75, 3.05) is 21.2 Å². The molecule has 0 radical (unpaired) electrons. The molecule has 0 aliphatic rings. The van der Waals surface area contributed by atoms with E-state index in [1.165, 1.54) is 33.3 Å². The third-order valence-electron chi connectivity index (χ3n) is 2.58. The van der Waals surface area contributed by atoms with Crippen molar-refractivity contribution in [1.82, 2.24) is 9.79 Å². The minimum absolute atomic E-state index is 0.0449. The quantitative estimate of drug-likeness (QED) is 0.812. The number of rotatable bonds is 4. The van der Waals surface area contributed by atoms with E-state index in [0.29, 0.717) is 5.56 Å². The molecule has 0 bridgehead atoms. The van der Waals surface area contributed by atoms with E-state index in [4.69, 9.17) is 4.84 Å². The van der Waals surface area contributed by atoms with E-state index in [1.54, 1.807) is 13.0 Å². The van der Waals surface area contributed by atoms with Gasteiger partial charge in [-0.1, -0.05) is 6.07 Å². The van der Waals surface area contributed by atoms with Gasteiger partial charge in [-0.15, -0.1) is 0 Å². The number of hydrogen-bond acceptors (Lipinski definition) is 4. The zero-order valence-electron chi connectivity index (χ0n) is 10.7. The van der Waals surface area contributed by atoms with Gasteiger partial charge in [0.2, 0.25) is 10.0 Å². The van der Waals surface area contributed by atoms with E-state index in [1.807, 2.05) is 0 Å². The lowest BCUT2D eigenvalue weighted by Crippen LogP contribution is -2.27. The van der Waals surface area contributed by atoms with Crippen molar-refractivity contribution >= 4 is 15.9 Å². The lowest BCUT2D eigenvalue weighted by atomic mass is 10.1. The molecule has 0 saturated carbocycles. The van der Waals surface area contributed by atoms with Crippen LogP contribution in [0.1, 0.15) is 15.9 Å². The van der Waals surface area contributed by atoms with E-state index < -0.39 is 15.9 Å². The van der Waals surface area contributed by atoms with E-state index in [0.717, 1.165) is 5.06 Å². The fourth-order valence-electron chi connectivity index (χ4n) is 1.37. The first-order chi connectivity index (χ1) is 8.33. The average Bonchev–Trinajstić information content (AvgIpc) is 2.37. The summed E-state index contributed by atoms with van der Waals surface area (Å²) < 4.78 is 25.5. The van der Waals surface area contributed by atoms with Crippen LogP contribution in [-0.2, 0) is 14.9 Å². The minimum Gasteiger partial charge on any atom is -0.274 e. The SMILES string of the molecule is CNS(=O)(=O)c1ccc(C)c(C(=O)N(C)OC)c1. The Morgan fingerprint density at radius 1 is 1.39 bits per heavy atom. The van der Waals surface area contributed by atoms with Crippen molar-refractivity contribution < 1.29 is 18.0 Å². The summed E-state index contributed by atoms with van der Waals surface area (Å²) in [6.07, 6.45) is 0. The summed E-state index contributed by atoms with van der Waals surface area (Å²) >= 11 is 0. The maximum Gasteiger partial charge on any atom is 0.277 e. The Kier molecular flexibility index (Phi) is 4.44. The van der Waals surface area contributed by atoms with Gasteiger partial charge in [0.15, 0.2) is 0 Å². The molecule has 0 atom stereocenters. The third-order valence-corrected chi connectivity index (χ3v) is 3.99. The molecule has 1 aromatic rings. The van der Waals surface area contributed by atoms with Crippen molar-refractivity contribution in [3.63, 3.8) is 0 Å². The van der Waals surface area contributed by atoms with Crippen molar-refractivity contribution in [1.29, 1.82) is 0 Å². The summed E-state index contributed by atoms with van der Waals surface area (Å²) in [5.74, 6) is -0.400. The van der Waals surface area contributed by atoms with Crippen LogP contribution in [0.2, 0.25) is 0 Å². The molecule has 0 fully saturated rings. The van der Waals surface area contributed by atoms with Gasteiger partial charge >= 0.3 is 0 Å². The Morgan fingerprint density at radius 3 is 2.50 bits per heavy atom. The Balaban J connectivity index is 3.30. The molecule has 100 valence electrons. The van der Waals surface area contributed by atoms with Gasteiger partial charge in [-0.25, -0.2) is 18.2 Å². The molecule has 0 heterocycles. The summed E-state index contributed by atoms with van der Waals surface area (Å²) in [4.78, 5) is 16.8. The third kappa shape index (κ3) is 2.87. The molecule has 1 aromatic carbocycles. The number of benzene rings is 1. The molecule has 0 aromatic heterocycles. The van der Waals surface area contributed by atoms with Crippen molar-refractivity contribution in [3.8, 4) is 0 Å². The van der Waals surface area contributed by atoms with Crippen LogP contribution >= 0.6 is 0 Å². The molecule has 1 N–H and O–H groups in total. The second-order valence-corrected chi connectivity index (χ2v) is 5.56. The van der Waals surface area contributed by atoms with Crippen LogP contribution in [-0.4, -0.2) is 40.6 Å². The van der Waals surface area contributed by atoms with E-state index in [9.17, 15) is 13.2 Å². The highest BCUT2D eigenvalue weighted by atomic mass is 32.2. The number of carbonyl (C=O) groups is 1. The van der Waals surface area contributed by atoms with Crippen LogP contribution in [0.4, 0.5) is 0 Å². The van der Waals surface area contributed by atoms with Gasteiger partial charge in [-0.2, -0.15) is 0 Å². The first-order valence-corrected chi connectivity index (χ1v) is 6.68. The highest BCUT2D eigenvalue weighted by Gasteiger charge is 2.18. The van der Waals surface area contributed by atoms with Crippen LogP contribution in [0.3, 0.4) is 0 Å². The Morgan fingerprint density at radius 2 is 2.00 bits per heavy atom.